The predicted molar refractivity (Wildman–Crippen MR) is 87.1 cm³/mol. The highest BCUT2D eigenvalue weighted by atomic mass is 14.5. The fraction of sp³-hybridized carbons (Fsp3) is 0. The number of anilines is 2. The van der Waals surface area contributed by atoms with Gasteiger partial charge in [-0.25, -0.2) is 0 Å². The highest BCUT2D eigenvalue weighted by Gasteiger charge is 1.95. The van der Waals surface area contributed by atoms with Crippen LogP contribution in [0.3, 0.4) is 0 Å². The maximum atomic E-state index is 5.61. The molecule has 0 aliphatic heterocycles. The average Bonchev–Trinajstić information content (AvgIpc) is 2.51. The Balaban J connectivity index is 0.000000205. The lowest BCUT2D eigenvalue weighted by Gasteiger charge is -2.02. The standard InChI is InChI=1S/C12H12N2.C6H6/c13-11-5-1-9(2-6-11)10-3-7-12(14)8-4-10;1-2-4-6-5-3-1/h1-8H,13-14H2;1-6H. The van der Waals surface area contributed by atoms with Gasteiger partial charge in [0.15, 0.2) is 0 Å². The van der Waals surface area contributed by atoms with E-state index in [-0.39, 0.29) is 0 Å². The second-order valence-electron chi connectivity index (χ2n) is 4.40. The second kappa shape index (κ2) is 7.00. The van der Waals surface area contributed by atoms with Gasteiger partial charge in [-0.15, -0.1) is 0 Å². The highest BCUT2D eigenvalue weighted by Crippen LogP contribution is 2.21. The molecule has 0 bridgehead atoms. The van der Waals surface area contributed by atoms with E-state index >= 15 is 0 Å². The lowest BCUT2D eigenvalue weighted by Crippen LogP contribution is -1.85. The minimum absolute atomic E-state index is 0.782. The molecule has 0 saturated heterocycles. The Morgan fingerprint density at radius 3 is 0.900 bits per heavy atom. The Morgan fingerprint density at radius 1 is 0.400 bits per heavy atom. The van der Waals surface area contributed by atoms with Crippen molar-refractivity contribution < 1.29 is 0 Å². The third-order valence-corrected chi connectivity index (χ3v) is 2.82. The minimum Gasteiger partial charge on any atom is -0.399 e. The fourth-order valence-corrected chi connectivity index (χ4v) is 1.74. The third-order valence-electron chi connectivity index (χ3n) is 2.82. The molecule has 20 heavy (non-hydrogen) atoms. The van der Waals surface area contributed by atoms with Crippen LogP contribution >= 0.6 is 0 Å². The number of nitrogens with two attached hydrogens (primary N) is 2. The first-order valence-corrected chi connectivity index (χ1v) is 6.47. The highest BCUT2D eigenvalue weighted by molar-refractivity contribution is 5.67. The Labute approximate surface area is 119 Å². The Hall–Kier alpha value is -2.74. The summed E-state index contributed by atoms with van der Waals surface area (Å²) in [7, 11) is 0. The van der Waals surface area contributed by atoms with Crippen molar-refractivity contribution >= 4 is 11.4 Å². The van der Waals surface area contributed by atoms with E-state index < -0.39 is 0 Å². The average molecular weight is 262 g/mol. The first-order valence-electron chi connectivity index (χ1n) is 6.47. The quantitative estimate of drug-likeness (QED) is 0.646. The SMILES string of the molecule is Nc1ccc(-c2ccc(N)cc2)cc1.c1ccccc1. The van der Waals surface area contributed by atoms with Gasteiger partial charge in [-0.05, 0) is 35.4 Å². The lowest BCUT2D eigenvalue weighted by atomic mass is 10.1. The molecule has 2 nitrogen and oxygen atoms in total. The van der Waals surface area contributed by atoms with Gasteiger partial charge in [0.2, 0.25) is 0 Å². The summed E-state index contributed by atoms with van der Waals surface area (Å²) >= 11 is 0. The van der Waals surface area contributed by atoms with Crippen LogP contribution in [0.4, 0.5) is 11.4 Å². The van der Waals surface area contributed by atoms with Gasteiger partial charge >= 0.3 is 0 Å². The van der Waals surface area contributed by atoms with Crippen LogP contribution in [0.1, 0.15) is 0 Å². The topological polar surface area (TPSA) is 52.0 Å². The van der Waals surface area contributed by atoms with E-state index in [1.54, 1.807) is 0 Å². The normalized spacial score (nSPS) is 9.40. The summed E-state index contributed by atoms with van der Waals surface area (Å²) in [4.78, 5) is 0. The number of benzene rings is 3. The van der Waals surface area contributed by atoms with E-state index in [1.807, 2.05) is 84.9 Å². The second-order valence-corrected chi connectivity index (χ2v) is 4.40. The van der Waals surface area contributed by atoms with Gasteiger partial charge in [-0.2, -0.15) is 0 Å². The van der Waals surface area contributed by atoms with Crippen LogP contribution in [-0.4, -0.2) is 0 Å². The summed E-state index contributed by atoms with van der Waals surface area (Å²) in [6, 6.07) is 27.6. The lowest BCUT2D eigenvalue weighted by molar-refractivity contribution is 1.61. The van der Waals surface area contributed by atoms with E-state index in [2.05, 4.69) is 0 Å². The molecular formula is C18H18N2. The molecule has 0 aliphatic rings. The zero-order valence-corrected chi connectivity index (χ0v) is 11.2. The molecule has 0 aromatic heterocycles. The van der Waals surface area contributed by atoms with Gasteiger partial charge in [0.1, 0.15) is 0 Å². The maximum Gasteiger partial charge on any atom is 0.0314 e. The van der Waals surface area contributed by atoms with Crippen LogP contribution in [0, 0.1) is 0 Å². The van der Waals surface area contributed by atoms with Gasteiger partial charge in [-0.3, -0.25) is 0 Å². The third kappa shape index (κ3) is 4.18. The van der Waals surface area contributed by atoms with Crippen LogP contribution < -0.4 is 11.5 Å². The smallest absolute Gasteiger partial charge is 0.0314 e. The molecule has 3 rings (SSSR count). The Morgan fingerprint density at radius 2 is 0.650 bits per heavy atom. The molecule has 0 radical (unpaired) electrons. The molecule has 0 aliphatic carbocycles. The molecular weight excluding hydrogens is 244 g/mol. The molecule has 2 heteroatoms. The molecule has 100 valence electrons. The molecule has 0 fully saturated rings. The van der Waals surface area contributed by atoms with Crippen LogP contribution in [0.15, 0.2) is 84.9 Å². The van der Waals surface area contributed by atoms with E-state index in [0.717, 1.165) is 22.5 Å². The van der Waals surface area contributed by atoms with E-state index in [9.17, 15) is 0 Å². The number of rotatable bonds is 1. The number of nitrogen functional groups attached to an aromatic ring is 2. The minimum atomic E-state index is 0.782. The predicted octanol–water partition coefficient (Wildman–Crippen LogP) is 4.20. The van der Waals surface area contributed by atoms with Crippen molar-refractivity contribution in [1.82, 2.24) is 0 Å². The van der Waals surface area contributed by atoms with Gasteiger partial charge in [0.05, 0.1) is 0 Å². The van der Waals surface area contributed by atoms with Gasteiger partial charge in [-0.1, -0.05) is 60.7 Å². The van der Waals surface area contributed by atoms with Crippen molar-refractivity contribution in [2.45, 2.75) is 0 Å². The van der Waals surface area contributed by atoms with Crippen molar-refractivity contribution in [2.24, 2.45) is 0 Å². The molecule has 0 spiro atoms. The summed E-state index contributed by atoms with van der Waals surface area (Å²) in [5.74, 6) is 0. The van der Waals surface area contributed by atoms with Crippen molar-refractivity contribution in [2.75, 3.05) is 11.5 Å². The Bertz CT molecular complexity index is 544. The Kier molecular flexibility index (Phi) is 4.79. The summed E-state index contributed by atoms with van der Waals surface area (Å²) in [5.41, 5.74) is 15.1. The molecule has 3 aromatic rings. The van der Waals surface area contributed by atoms with Crippen molar-refractivity contribution in [3.05, 3.63) is 84.9 Å². The van der Waals surface area contributed by atoms with Crippen LogP contribution in [0.5, 0.6) is 0 Å². The zero-order valence-electron chi connectivity index (χ0n) is 11.2. The first-order chi connectivity index (χ1) is 9.75. The first kappa shape index (κ1) is 13.7. The molecule has 0 heterocycles. The van der Waals surface area contributed by atoms with Crippen molar-refractivity contribution in [3.8, 4) is 11.1 Å². The molecule has 0 saturated carbocycles. The van der Waals surface area contributed by atoms with Crippen molar-refractivity contribution in [3.63, 3.8) is 0 Å². The molecule has 0 amide bonds. The summed E-state index contributed by atoms with van der Waals surface area (Å²) in [5, 5.41) is 0. The van der Waals surface area contributed by atoms with Crippen LogP contribution in [0.25, 0.3) is 11.1 Å². The monoisotopic (exact) mass is 262 g/mol. The zero-order chi connectivity index (χ0) is 14.2. The van der Waals surface area contributed by atoms with Crippen molar-refractivity contribution in [1.29, 1.82) is 0 Å². The molecule has 0 atom stereocenters. The largest absolute Gasteiger partial charge is 0.399 e. The summed E-state index contributed by atoms with van der Waals surface area (Å²) in [6.07, 6.45) is 0. The van der Waals surface area contributed by atoms with E-state index in [1.165, 1.54) is 0 Å². The van der Waals surface area contributed by atoms with E-state index in [0.29, 0.717) is 0 Å². The number of hydrogen-bond donors (Lipinski definition) is 2. The van der Waals surface area contributed by atoms with Crippen LogP contribution in [0.2, 0.25) is 0 Å². The maximum absolute atomic E-state index is 5.61. The number of hydrogen-bond acceptors (Lipinski definition) is 2. The van der Waals surface area contributed by atoms with Gasteiger partial charge in [0, 0.05) is 11.4 Å². The van der Waals surface area contributed by atoms with Gasteiger partial charge < -0.3 is 11.5 Å². The summed E-state index contributed by atoms with van der Waals surface area (Å²) < 4.78 is 0. The molecule has 3 aromatic carbocycles. The fourth-order valence-electron chi connectivity index (χ4n) is 1.74. The summed E-state index contributed by atoms with van der Waals surface area (Å²) in [6.45, 7) is 0. The van der Waals surface area contributed by atoms with E-state index in [4.69, 9.17) is 11.5 Å². The molecule has 0 unspecified atom stereocenters. The molecule has 4 N–H and O–H groups in total. The van der Waals surface area contributed by atoms with Gasteiger partial charge in [0.25, 0.3) is 0 Å². The van der Waals surface area contributed by atoms with Crippen LogP contribution in [-0.2, 0) is 0 Å².